The van der Waals surface area contributed by atoms with Gasteiger partial charge in [-0.05, 0) is 48.4 Å². The van der Waals surface area contributed by atoms with E-state index in [1.54, 1.807) is 40.3 Å². The van der Waals surface area contributed by atoms with E-state index < -0.39 is 5.92 Å². The molecule has 1 fully saturated rings. The second-order valence-corrected chi connectivity index (χ2v) is 8.57. The Balaban J connectivity index is 1.38. The normalized spacial score (nSPS) is 16.0. The average molecular weight is 485 g/mol. The zero-order valence-electron chi connectivity index (χ0n) is 17.0. The number of nitrogens with one attached hydrogen (secondary N) is 1. The van der Waals surface area contributed by atoms with Crippen molar-refractivity contribution in [2.75, 3.05) is 11.4 Å². The lowest BCUT2D eigenvalue weighted by Crippen LogP contribution is -2.32. The Morgan fingerprint density at radius 1 is 1.29 bits per heavy atom. The van der Waals surface area contributed by atoms with Gasteiger partial charge in [-0.3, -0.25) is 9.59 Å². The maximum absolute atomic E-state index is 14.1. The Morgan fingerprint density at radius 3 is 2.87 bits per heavy atom. The summed E-state index contributed by atoms with van der Waals surface area (Å²) in [5.41, 5.74) is 3.15. The maximum Gasteiger partial charge on any atom is 0.227 e. The molecule has 0 aliphatic carbocycles. The molecule has 2 amide bonds. The molecule has 1 aliphatic rings. The third-order valence-corrected chi connectivity index (χ3v) is 6.33. The predicted molar refractivity (Wildman–Crippen MR) is 119 cm³/mol. The number of rotatable bonds is 6. The van der Waals surface area contributed by atoms with Crippen LogP contribution in [-0.4, -0.2) is 27.9 Å². The van der Waals surface area contributed by atoms with Gasteiger partial charge in [0.15, 0.2) is 0 Å². The second-order valence-electron chi connectivity index (χ2n) is 7.72. The van der Waals surface area contributed by atoms with E-state index >= 15 is 0 Å². The molecule has 1 atom stereocenters. The Hall–Kier alpha value is -3.00. The molecule has 0 bridgehead atoms. The van der Waals surface area contributed by atoms with Crippen molar-refractivity contribution in [3.05, 3.63) is 82.1 Å². The Kier molecular flexibility index (Phi) is 6.18. The van der Waals surface area contributed by atoms with Gasteiger partial charge in [-0.25, -0.2) is 9.37 Å². The summed E-state index contributed by atoms with van der Waals surface area (Å²) in [7, 11) is 0. The lowest BCUT2D eigenvalue weighted by atomic mass is 10.1. The predicted octanol–water partition coefficient (Wildman–Crippen LogP) is 3.81. The number of hydrogen-bond acceptors (Lipinski definition) is 3. The van der Waals surface area contributed by atoms with Gasteiger partial charge < -0.3 is 14.8 Å². The number of imidazole rings is 1. The molecule has 2 heterocycles. The number of hydrogen-bond donors (Lipinski definition) is 1. The molecule has 8 heteroatoms. The first kappa shape index (κ1) is 21.2. The van der Waals surface area contributed by atoms with Crippen LogP contribution in [0, 0.1) is 18.7 Å². The first-order valence-electron chi connectivity index (χ1n) is 9.98. The number of nitrogens with zero attached hydrogens (tertiary/aromatic N) is 3. The van der Waals surface area contributed by atoms with Crippen molar-refractivity contribution in [1.29, 1.82) is 0 Å². The summed E-state index contributed by atoms with van der Waals surface area (Å²) in [5, 5.41) is 2.89. The zero-order valence-corrected chi connectivity index (χ0v) is 18.6. The van der Waals surface area contributed by atoms with Crippen molar-refractivity contribution in [2.45, 2.75) is 26.4 Å². The van der Waals surface area contributed by atoms with E-state index in [0.717, 1.165) is 21.3 Å². The second kappa shape index (κ2) is 9.01. The van der Waals surface area contributed by atoms with E-state index in [0.29, 0.717) is 18.7 Å². The molecule has 0 unspecified atom stereocenters. The fraction of sp³-hybridized carbons (Fsp3) is 0.261. The third kappa shape index (κ3) is 4.85. The fourth-order valence-electron chi connectivity index (χ4n) is 3.70. The van der Waals surface area contributed by atoms with Crippen LogP contribution in [0.5, 0.6) is 0 Å². The van der Waals surface area contributed by atoms with Crippen LogP contribution in [0.4, 0.5) is 10.1 Å². The van der Waals surface area contributed by atoms with Crippen LogP contribution in [0.3, 0.4) is 0 Å². The molecule has 1 N–H and O–H groups in total. The standard InChI is InChI=1S/C23H22BrFN4O2/c1-15-8-19(3-4-20(15)24)29-13-18(10-22(29)30)23(31)27-11-16-2-5-21(25)17(9-16)12-28-7-6-26-14-28/h2-9,14,18H,10-13H2,1H3,(H,27,31)/t18-/m0/s1. The number of carbonyl (C=O) groups is 2. The maximum atomic E-state index is 14.1. The topological polar surface area (TPSA) is 67.2 Å². The zero-order chi connectivity index (χ0) is 22.0. The SMILES string of the molecule is Cc1cc(N2C[C@@H](C(=O)NCc3ccc(F)c(Cn4ccnc4)c3)CC2=O)ccc1Br. The Bertz CT molecular complexity index is 1120. The first-order chi connectivity index (χ1) is 14.9. The number of halogens is 2. The molecule has 1 aliphatic heterocycles. The number of carbonyl (C=O) groups excluding carboxylic acids is 2. The van der Waals surface area contributed by atoms with Crippen LogP contribution in [0.15, 0.2) is 59.6 Å². The number of aromatic nitrogens is 2. The van der Waals surface area contributed by atoms with Crippen molar-refractivity contribution in [3.63, 3.8) is 0 Å². The lowest BCUT2D eigenvalue weighted by Gasteiger charge is -2.18. The van der Waals surface area contributed by atoms with Crippen LogP contribution in [0.25, 0.3) is 0 Å². The van der Waals surface area contributed by atoms with Crippen molar-refractivity contribution in [2.24, 2.45) is 5.92 Å². The average Bonchev–Trinajstić information content (AvgIpc) is 3.40. The Labute approximate surface area is 188 Å². The number of aryl methyl sites for hydroxylation is 1. The van der Waals surface area contributed by atoms with E-state index in [-0.39, 0.29) is 30.6 Å². The smallest absolute Gasteiger partial charge is 0.227 e. The summed E-state index contributed by atoms with van der Waals surface area (Å²) in [6.45, 7) is 2.95. The summed E-state index contributed by atoms with van der Waals surface area (Å²) in [6.07, 6.45) is 5.22. The van der Waals surface area contributed by atoms with E-state index in [1.165, 1.54) is 6.07 Å². The number of benzene rings is 2. The quantitative estimate of drug-likeness (QED) is 0.578. The summed E-state index contributed by atoms with van der Waals surface area (Å²) < 4.78 is 16.9. The lowest BCUT2D eigenvalue weighted by molar-refractivity contribution is -0.126. The van der Waals surface area contributed by atoms with Gasteiger partial charge in [0.2, 0.25) is 11.8 Å². The highest BCUT2D eigenvalue weighted by atomic mass is 79.9. The highest BCUT2D eigenvalue weighted by Crippen LogP contribution is 2.28. The summed E-state index contributed by atoms with van der Waals surface area (Å²) in [4.78, 5) is 30.8. The fourth-order valence-corrected chi connectivity index (χ4v) is 3.95. The largest absolute Gasteiger partial charge is 0.352 e. The van der Waals surface area contributed by atoms with Crippen LogP contribution < -0.4 is 10.2 Å². The molecule has 31 heavy (non-hydrogen) atoms. The van der Waals surface area contributed by atoms with Gasteiger partial charge in [0.25, 0.3) is 0 Å². The summed E-state index contributed by atoms with van der Waals surface area (Å²) in [5.74, 6) is -0.954. The molecule has 6 nitrogen and oxygen atoms in total. The van der Waals surface area contributed by atoms with Gasteiger partial charge in [-0.2, -0.15) is 0 Å². The van der Waals surface area contributed by atoms with E-state index in [1.807, 2.05) is 25.1 Å². The van der Waals surface area contributed by atoms with E-state index in [4.69, 9.17) is 0 Å². The monoisotopic (exact) mass is 484 g/mol. The molecular weight excluding hydrogens is 463 g/mol. The van der Waals surface area contributed by atoms with Gasteiger partial charge in [-0.15, -0.1) is 0 Å². The summed E-state index contributed by atoms with van der Waals surface area (Å²) >= 11 is 3.46. The van der Waals surface area contributed by atoms with Crippen LogP contribution in [0.2, 0.25) is 0 Å². The molecule has 3 aromatic rings. The minimum atomic E-state index is -0.415. The van der Waals surface area contributed by atoms with Crippen LogP contribution >= 0.6 is 15.9 Å². The Morgan fingerprint density at radius 2 is 2.13 bits per heavy atom. The molecular formula is C23H22BrFN4O2. The molecule has 1 aromatic heterocycles. The van der Waals surface area contributed by atoms with Crippen LogP contribution in [-0.2, 0) is 22.7 Å². The van der Waals surface area contributed by atoms with E-state index in [2.05, 4.69) is 26.2 Å². The highest BCUT2D eigenvalue weighted by molar-refractivity contribution is 9.10. The first-order valence-corrected chi connectivity index (χ1v) is 10.8. The number of amides is 2. The molecule has 2 aromatic carbocycles. The number of anilines is 1. The van der Waals surface area contributed by atoms with Gasteiger partial charge in [0.05, 0.1) is 18.8 Å². The van der Waals surface area contributed by atoms with Gasteiger partial charge in [0, 0.05) is 47.6 Å². The van der Waals surface area contributed by atoms with E-state index in [9.17, 15) is 14.0 Å². The molecule has 0 saturated carbocycles. The minimum Gasteiger partial charge on any atom is -0.352 e. The third-order valence-electron chi connectivity index (χ3n) is 5.44. The van der Waals surface area contributed by atoms with Gasteiger partial charge in [-0.1, -0.05) is 22.0 Å². The van der Waals surface area contributed by atoms with Crippen molar-refractivity contribution >= 4 is 33.4 Å². The minimum absolute atomic E-state index is 0.0636. The molecule has 1 saturated heterocycles. The molecule has 0 radical (unpaired) electrons. The van der Waals surface area contributed by atoms with Gasteiger partial charge in [0.1, 0.15) is 5.82 Å². The van der Waals surface area contributed by atoms with Gasteiger partial charge >= 0.3 is 0 Å². The van der Waals surface area contributed by atoms with Crippen LogP contribution in [0.1, 0.15) is 23.1 Å². The molecule has 160 valence electrons. The van der Waals surface area contributed by atoms with Crippen molar-refractivity contribution < 1.29 is 14.0 Å². The van der Waals surface area contributed by atoms with Crippen molar-refractivity contribution in [3.8, 4) is 0 Å². The van der Waals surface area contributed by atoms with Crippen molar-refractivity contribution in [1.82, 2.24) is 14.9 Å². The summed E-state index contributed by atoms with van der Waals surface area (Å²) in [6, 6.07) is 10.5. The molecule has 0 spiro atoms. The molecule has 4 rings (SSSR count). The highest BCUT2D eigenvalue weighted by Gasteiger charge is 2.35.